The van der Waals surface area contributed by atoms with Gasteiger partial charge in [0.2, 0.25) is 0 Å². The number of fused-ring (bicyclic) bond motifs is 7. The topological polar surface area (TPSA) is 15.7 Å². The van der Waals surface area contributed by atoms with Gasteiger partial charge in [-0.3, -0.25) is 0 Å². The van der Waals surface area contributed by atoms with Crippen molar-refractivity contribution in [3.63, 3.8) is 0 Å². The van der Waals surface area contributed by atoms with Crippen LogP contribution >= 0.6 is 11.3 Å². The van der Waals surface area contributed by atoms with Crippen molar-refractivity contribution in [2.24, 2.45) is 0 Å². The third-order valence-electron chi connectivity index (χ3n) is 9.78. The second-order valence-electron chi connectivity index (χ2n) is 12.6. The number of benzene rings is 7. The summed E-state index contributed by atoms with van der Waals surface area (Å²) < 4.78 is 9.46. The Labute approximate surface area is 284 Å². The molecular formula is C43H29BN2OS. The first-order valence-electron chi connectivity index (χ1n) is 16.4. The zero-order valence-electron chi connectivity index (χ0n) is 26.3. The van der Waals surface area contributed by atoms with Crippen LogP contribution in [0.4, 0.5) is 34.1 Å². The maximum Gasteiger partial charge on any atom is 0.256 e. The van der Waals surface area contributed by atoms with Gasteiger partial charge in [-0.1, -0.05) is 96.6 Å². The van der Waals surface area contributed by atoms with Gasteiger partial charge in [-0.2, -0.15) is 0 Å². The number of aryl methyl sites for hydroxylation is 1. The van der Waals surface area contributed by atoms with E-state index in [1.807, 2.05) is 11.3 Å². The lowest BCUT2D eigenvalue weighted by molar-refractivity contribution is 0.487. The van der Waals surface area contributed by atoms with E-state index >= 15 is 0 Å². The van der Waals surface area contributed by atoms with E-state index in [1.165, 1.54) is 47.8 Å². The Balaban J connectivity index is 1.17. The van der Waals surface area contributed by atoms with E-state index in [0.717, 1.165) is 39.9 Å². The molecule has 0 aliphatic carbocycles. The van der Waals surface area contributed by atoms with Gasteiger partial charge in [0.25, 0.3) is 6.71 Å². The molecule has 226 valence electrons. The van der Waals surface area contributed by atoms with Crippen molar-refractivity contribution < 1.29 is 4.74 Å². The highest BCUT2D eigenvalue weighted by molar-refractivity contribution is 7.26. The van der Waals surface area contributed by atoms with E-state index in [9.17, 15) is 0 Å². The number of hydrogen-bond donors (Lipinski definition) is 0. The summed E-state index contributed by atoms with van der Waals surface area (Å²) in [5.41, 5.74) is 11.8. The molecule has 0 saturated heterocycles. The molecule has 0 fully saturated rings. The third-order valence-corrected chi connectivity index (χ3v) is 11.0. The van der Waals surface area contributed by atoms with E-state index in [-0.39, 0.29) is 6.71 Å². The van der Waals surface area contributed by atoms with E-state index in [1.54, 1.807) is 0 Å². The number of thiophene rings is 1. The average Bonchev–Trinajstić information content (AvgIpc) is 3.52. The first-order valence-corrected chi connectivity index (χ1v) is 17.2. The number of hydrogen-bond acceptors (Lipinski definition) is 4. The Morgan fingerprint density at radius 1 is 0.583 bits per heavy atom. The Kier molecular flexibility index (Phi) is 6.05. The smallest absolute Gasteiger partial charge is 0.256 e. The van der Waals surface area contributed by atoms with E-state index in [0.29, 0.717) is 0 Å². The molecule has 0 radical (unpaired) electrons. The summed E-state index contributed by atoms with van der Waals surface area (Å²) in [6.45, 7) is 2.20. The van der Waals surface area contributed by atoms with Gasteiger partial charge in [0.05, 0.1) is 10.4 Å². The van der Waals surface area contributed by atoms with E-state index in [4.69, 9.17) is 4.74 Å². The lowest BCUT2D eigenvalue weighted by atomic mass is 9.34. The molecule has 2 aliphatic rings. The van der Waals surface area contributed by atoms with E-state index in [2.05, 4.69) is 174 Å². The largest absolute Gasteiger partial charge is 0.458 e. The van der Waals surface area contributed by atoms with Crippen molar-refractivity contribution in [2.75, 3.05) is 9.80 Å². The van der Waals surface area contributed by atoms with Crippen molar-refractivity contribution in [1.82, 2.24) is 0 Å². The lowest BCUT2D eigenvalue weighted by Crippen LogP contribution is -2.59. The fourth-order valence-corrected chi connectivity index (χ4v) is 8.85. The first-order chi connectivity index (χ1) is 23.7. The van der Waals surface area contributed by atoms with Gasteiger partial charge in [-0.25, -0.2) is 0 Å². The summed E-state index contributed by atoms with van der Waals surface area (Å²) >= 11 is 1.85. The van der Waals surface area contributed by atoms with Crippen LogP contribution in [0.2, 0.25) is 0 Å². The molecule has 0 bridgehead atoms. The Morgan fingerprint density at radius 3 is 2.21 bits per heavy atom. The molecule has 0 saturated carbocycles. The third kappa shape index (κ3) is 4.08. The zero-order valence-corrected chi connectivity index (χ0v) is 27.1. The van der Waals surface area contributed by atoms with Crippen LogP contribution in [-0.4, -0.2) is 6.71 Å². The second kappa shape index (κ2) is 10.6. The van der Waals surface area contributed by atoms with Gasteiger partial charge >= 0.3 is 0 Å². The van der Waals surface area contributed by atoms with Crippen LogP contribution in [0, 0.1) is 6.92 Å². The number of nitrogens with zero attached hydrogens (tertiary/aromatic N) is 2. The van der Waals surface area contributed by atoms with Gasteiger partial charge in [0.15, 0.2) is 0 Å². The summed E-state index contributed by atoms with van der Waals surface area (Å²) in [5, 5.41) is 2.58. The maximum atomic E-state index is 6.89. The maximum absolute atomic E-state index is 6.89. The van der Waals surface area contributed by atoms with Crippen LogP contribution in [0.15, 0.2) is 158 Å². The van der Waals surface area contributed by atoms with Crippen molar-refractivity contribution >= 4 is 88.7 Å². The molecule has 2 aliphatic heterocycles. The van der Waals surface area contributed by atoms with Crippen molar-refractivity contribution in [2.45, 2.75) is 6.92 Å². The summed E-state index contributed by atoms with van der Waals surface area (Å²) in [4.78, 5) is 4.76. The minimum Gasteiger partial charge on any atom is -0.458 e. The Bertz CT molecular complexity index is 2520. The predicted octanol–water partition coefficient (Wildman–Crippen LogP) is 10.2. The van der Waals surface area contributed by atoms with Crippen LogP contribution in [-0.2, 0) is 0 Å². The molecule has 0 spiro atoms. The SMILES string of the molecule is Cc1ccc(N(c2ccc3c(c2)Oc2cccc4c2B3c2ccccc2N4c2ccccc2)c2cccc3c2sc2ccccc23)cc1. The van der Waals surface area contributed by atoms with Gasteiger partial charge < -0.3 is 14.5 Å². The number of anilines is 6. The predicted molar refractivity (Wildman–Crippen MR) is 205 cm³/mol. The minimum atomic E-state index is 0.0593. The number of rotatable bonds is 4. The van der Waals surface area contributed by atoms with Gasteiger partial charge in [-0.15, -0.1) is 11.3 Å². The molecule has 5 heteroatoms. The minimum absolute atomic E-state index is 0.0593. The van der Waals surface area contributed by atoms with Crippen molar-refractivity contribution in [3.05, 3.63) is 163 Å². The van der Waals surface area contributed by atoms with Gasteiger partial charge in [0, 0.05) is 50.0 Å². The molecule has 0 unspecified atom stereocenters. The number of para-hydroxylation sites is 2. The van der Waals surface area contributed by atoms with Crippen molar-refractivity contribution in [1.29, 1.82) is 0 Å². The molecular weight excluding hydrogens is 603 g/mol. The molecule has 48 heavy (non-hydrogen) atoms. The fourth-order valence-electron chi connectivity index (χ4n) is 7.64. The fraction of sp³-hybridized carbons (Fsp3) is 0.0233. The standard InChI is InChI=1S/C43H29BN2OS/c1-28-21-23-30(24-22-28)45(38-18-9-14-33-32-13-5-8-20-41(32)48-43(33)38)31-25-26-35-40(27-31)47-39-19-10-17-37-42(39)44(35)34-15-6-7-16-36(34)46(37)29-11-3-2-4-12-29/h2-27H,1H3. The average molecular weight is 633 g/mol. The normalized spacial score (nSPS) is 12.8. The van der Waals surface area contributed by atoms with Crippen molar-refractivity contribution in [3.8, 4) is 11.5 Å². The van der Waals surface area contributed by atoms with Crippen LogP contribution < -0.4 is 30.9 Å². The van der Waals surface area contributed by atoms with Gasteiger partial charge in [0.1, 0.15) is 11.5 Å². The van der Waals surface area contributed by atoms with E-state index < -0.39 is 0 Å². The quantitative estimate of drug-likeness (QED) is 0.180. The molecule has 1 aromatic heterocycles. The number of ether oxygens (including phenoxy) is 1. The molecule has 10 rings (SSSR count). The Hall–Kier alpha value is -5.78. The first kappa shape index (κ1) is 27.3. The molecule has 3 heterocycles. The Morgan fingerprint density at radius 2 is 1.31 bits per heavy atom. The summed E-state index contributed by atoms with van der Waals surface area (Å²) in [7, 11) is 0. The van der Waals surface area contributed by atoms with Crippen LogP contribution in [0.25, 0.3) is 20.2 Å². The van der Waals surface area contributed by atoms with Crippen LogP contribution in [0.3, 0.4) is 0 Å². The molecule has 0 atom stereocenters. The molecule has 3 nitrogen and oxygen atoms in total. The molecule has 7 aromatic carbocycles. The lowest BCUT2D eigenvalue weighted by Gasteiger charge is -2.40. The highest BCUT2D eigenvalue weighted by Gasteiger charge is 2.41. The summed E-state index contributed by atoms with van der Waals surface area (Å²) in [6.07, 6.45) is 0. The second-order valence-corrected chi connectivity index (χ2v) is 13.7. The molecule has 0 N–H and O–H groups in total. The van der Waals surface area contributed by atoms with Crippen LogP contribution in [0.5, 0.6) is 11.5 Å². The van der Waals surface area contributed by atoms with Gasteiger partial charge in [-0.05, 0) is 84.0 Å². The monoisotopic (exact) mass is 632 g/mol. The summed E-state index contributed by atoms with van der Waals surface area (Å²) in [6, 6.07) is 56.9. The van der Waals surface area contributed by atoms with Crippen LogP contribution in [0.1, 0.15) is 5.56 Å². The summed E-state index contributed by atoms with van der Waals surface area (Å²) in [5.74, 6) is 1.80. The highest BCUT2D eigenvalue weighted by atomic mass is 32.1. The molecule has 8 aromatic rings. The zero-order chi connectivity index (χ0) is 31.8. The highest BCUT2D eigenvalue weighted by Crippen LogP contribution is 2.46. The molecule has 0 amide bonds.